The van der Waals surface area contributed by atoms with E-state index in [1.54, 1.807) is 54.6 Å². The molecule has 0 aliphatic rings. The number of benzene rings is 3. The molecule has 0 saturated heterocycles. The predicted molar refractivity (Wildman–Crippen MR) is 108 cm³/mol. The number of carboxylic acid groups (broad SMARTS) is 1. The summed E-state index contributed by atoms with van der Waals surface area (Å²) >= 11 is 0. The molecule has 0 fully saturated rings. The Kier molecular flexibility index (Phi) is 6.60. The van der Waals surface area contributed by atoms with Crippen LogP contribution in [0.25, 0.3) is 0 Å². The van der Waals surface area contributed by atoms with E-state index in [-0.39, 0.29) is 0 Å². The standard InChI is InChI=1S/C23H21NO5/c25-21(20(23(27)28)24-22(26)18-9-5-2-6-10-18)17-11-13-19(14-12-17)29-15-16-7-3-1-4-8-16/h1-14,20-21,25H,15H2,(H,24,26)(H,27,28)/t20-,21?/m0/s1. The normalized spacial score (nSPS) is 12.6. The van der Waals surface area contributed by atoms with Crippen molar-refractivity contribution in [2.24, 2.45) is 0 Å². The van der Waals surface area contributed by atoms with Crippen LogP contribution in [0.4, 0.5) is 0 Å². The van der Waals surface area contributed by atoms with Gasteiger partial charge in [-0.2, -0.15) is 0 Å². The van der Waals surface area contributed by atoms with Crippen LogP contribution in [0.1, 0.15) is 27.6 Å². The number of nitrogens with one attached hydrogen (secondary N) is 1. The molecule has 0 radical (unpaired) electrons. The SMILES string of the molecule is O=C(N[C@H](C(=O)O)C(O)c1ccc(OCc2ccccc2)cc1)c1ccccc1. The van der Waals surface area contributed by atoms with Crippen molar-refractivity contribution in [1.29, 1.82) is 0 Å². The minimum absolute atomic E-state index is 0.315. The van der Waals surface area contributed by atoms with Crippen molar-refractivity contribution in [2.75, 3.05) is 0 Å². The first-order valence-corrected chi connectivity index (χ1v) is 9.08. The number of ether oxygens (including phenoxy) is 1. The third-order valence-corrected chi connectivity index (χ3v) is 4.37. The summed E-state index contributed by atoms with van der Waals surface area (Å²) in [5.74, 6) is -1.31. The Balaban J connectivity index is 1.65. The Morgan fingerprint density at radius 3 is 2.03 bits per heavy atom. The molecule has 0 saturated carbocycles. The highest BCUT2D eigenvalue weighted by Gasteiger charge is 2.29. The van der Waals surface area contributed by atoms with Crippen LogP contribution in [-0.2, 0) is 11.4 Å². The maximum atomic E-state index is 12.3. The Hall–Kier alpha value is -3.64. The number of rotatable bonds is 8. The molecule has 1 unspecified atom stereocenters. The minimum Gasteiger partial charge on any atom is -0.489 e. The lowest BCUT2D eigenvalue weighted by Gasteiger charge is -2.21. The first-order chi connectivity index (χ1) is 14.0. The third kappa shape index (κ3) is 5.43. The van der Waals surface area contributed by atoms with Crippen molar-refractivity contribution in [3.05, 3.63) is 102 Å². The summed E-state index contributed by atoms with van der Waals surface area (Å²) in [6, 6.07) is 22.9. The molecule has 0 bridgehead atoms. The number of aliphatic hydroxyl groups is 1. The zero-order valence-corrected chi connectivity index (χ0v) is 15.6. The van der Waals surface area contributed by atoms with E-state index in [1.165, 1.54) is 0 Å². The molecule has 3 aromatic carbocycles. The summed E-state index contributed by atoms with van der Waals surface area (Å²) in [4.78, 5) is 23.9. The molecule has 0 aromatic heterocycles. The van der Waals surface area contributed by atoms with Gasteiger partial charge in [-0.15, -0.1) is 0 Å². The van der Waals surface area contributed by atoms with Crippen LogP contribution in [0.15, 0.2) is 84.9 Å². The number of carbonyl (C=O) groups is 2. The lowest BCUT2D eigenvalue weighted by molar-refractivity contribution is -0.142. The quantitative estimate of drug-likeness (QED) is 0.548. The fourth-order valence-corrected chi connectivity index (χ4v) is 2.78. The van der Waals surface area contributed by atoms with Crippen molar-refractivity contribution in [1.82, 2.24) is 5.32 Å². The van der Waals surface area contributed by atoms with Gasteiger partial charge in [0.15, 0.2) is 6.04 Å². The smallest absolute Gasteiger partial charge is 0.329 e. The van der Waals surface area contributed by atoms with Crippen molar-refractivity contribution in [3.63, 3.8) is 0 Å². The average Bonchev–Trinajstić information content (AvgIpc) is 2.77. The largest absolute Gasteiger partial charge is 0.489 e. The number of aliphatic carboxylic acids is 1. The molecule has 0 heterocycles. The molecule has 6 heteroatoms. The van der Waals surface area contributed by atoms with Crippen LogP contribution in [0.5, 0.6) is 5.75 Å². The van der Waals surface area contributed by atoms with Crippen molar-refractivity contribution in [3.8, 4) is 5.75 Å². The molecule has 3 N–H and O–H groups in total. The summed E-state index contributed by atoms with van der Waals surface area (Å²) in [7, 11) is 0. The zero-order valence-electron chi connectivity index (χ0n) is 15.6. The summed E-state index contributed by atoms with van der Waals surface area (Å²) in [6.45, 7) is 0.396. The summed E-state index contributed by atoms with van der Waals surface area (Å²) in [6.07, 6.45) is -1.41. The van der Waals surface area contributed by atoms with Gasteiger partial charge in [-0.1, -0.05) is 60.7 Å². The van der Waals surface area contributed by atoms with Gasteiger partial charge >= 0.3 is 5.97 Å². The third-order valence-electron chi connectivity index (χ3n) is 4.37. The Morgan fingerprint density at radius 1 is 0.862 bits per heavy atom. The molecule has 29 heavy (non-hydrogen) atoms. The van der Waals surface area contributed by atoms with E-state index in [4.69, 9.17) is 4.74 Å². The van der Waals surface area contributed by atoms with Crippen LogP contribution in [0, 0.1) is 0 Å². The Morgan fingerprint density at radius 2 is 1.45 bits per heavy atom. The topological polar surface area (TPSA) is 95.9 Å². The van der Waals surface area contributed by atoms with Gasteiger partial charge in [0.1, 0.15) is 18.5 Å². The van der Waals surface area contributed by atoms with Gasteiger partial charge in [0.05, 0.1) is 0 Å². The van der Waals surface area contributed by atoms with Crippen LogP contribution >= 0.6 is 0 Å². The van der Waals surface area contributed by atoms with Gasteiger partial charge in [0.2, 0.25) is 0 Å². The van der Waals surface area contributed by atoms with E-state index in [1.807, 2.05) is 30.3 Å². The fourth-order valence-electron chi connectivity index (χ4n) is 2.78. The van der Waals surface area contributed by atoms with Gasteiger partial charge in [-0.25, -0.2) is 4.79 Å². The van der Waals surface area contributed by atoms with E-state index >= 15 is 0 Å². The number of carboxylic acids is 1. The van der Waals surface area contributed by atoms with Gasteiger partial charge in [0, 0.05) is 5.56 Å². The van der Waals surface area contributed by atoms with Crippen molar-refractivity contribution in [2.45, 2.75) is 18.8 Å². The van der Waals surface area contributed by atoms with Crippen LogP contribution in [0.3, 0.4) is 0 Å². The molecule has 6 nitrogen and oxygen atoms in total. The number of hydrogen-bond acceptors (Lipinski definition) is 4. The first kappa shape index (κ1) is 20.1. The van der Waals surface area contributed by atoms with Crippen LogP contribution in [-0.4, -0.2) is 28.1 Å². The molecule has 3 rings (SSSR count). The predicted octanol–water partition coefficient (Wildman–Crippen LogP) is 3.18. The van der Waals surface area contributed by atoms with Crippen LogP contribution < -0.4 is 10.1 Å². The highest BCUT2D eigenvalue weighted by Crippen LogP contribution is 2.22. The maximum absolute atomic E-state index is 12.3. The second kappa shape index (κ2) is 9.52. The van der Waals surface area contributed by atoms with E-state index in [9.17, 15) is 19.8 Å². The second-order valence-electron chi connectivity index (χ2n) is 6.44. The molecule has 0 aliphatic heterocycles. The minimum atomic E-state index is -1.49. The molecule has 0 spiro atoms. The summed E-state index contributed by atoms with van der Waals surface area (Å²) in [5.41, 5.74) is 1.69. The van der Waals surface area contributed by atoms with E-state index < -0.39 is 24.0 Å². The lowest BCUT2D eigenvalue weighted by Crippen LogP contribution is -2.45. The zero-order chi connectivity index (χ0) is 20.6. The van der Waals surface area contributed by atoms with E-state index in [0.29, 0.717) is 23.5 Å². The fraction of sp³-hybridized carbons (Fsp3) is 0.130. The molecular formula is C23H21NO5. The molecule has 1 amide bonds. The van der Waals surface area contributed by atoms with E-state index in [2.05, 4.69) is 5.32 Å². The monoisotopic (exact) mass is 391 g/mol. The molecule has 148 valence electrons. The Labute approximate surface area is 168 Å². The van der Waals surface area contributed by atoms with Gasteiger partial charge in [0.25, 0.3) is 5.91 Å². The van der Waals surface area contributed by atoms with Crippen molar-refractivity contribution >= 4 is 11.9 Å². The highest BCUT2D eigenvalue weighted by atomic mass is 16.5. The van der Waals surface area contributed by atoms with Crippen LogP contribution in [0.2, 0.25) is 0 Å². The van der Waals surface area contributed by atoms with Gasteiger partial charge < -0.3 is 20.3 Å². The number of hydrogen-bond donors (Lipinski definition) is 3. The first-order valence-electron chi connectivity index (χ1n) is 9.08. The average molecular weight is 391 g/mol. The number of carbonyl (C=O) groups excluding carboxylic acids is 1. The molecule has 2 atom stereocenters. The second-order valence-corrected chi connectivity index (χ2v) is 6.44. The lowest BCUT2D eigenvalue weighted by atomic mass is 10.0. The molecule has 0 aliphatic carbocycles. The summed E-state index contributed by atoms with van der Waals surface area (Å²) < 4.78 is 5.69. The highest BCUT2D eigenvalue weighted by molar-refractivity contribution is 5.96. The number of aliphatic hydroxyl groups excluding tert-OH is 1. The molecular weight excluding hydrogens is 370 g/mol. The molecule has 3 aromatic rings. The Bertz CT molecular complexity index is 942. The maximum Gasteiger partial charge on any atom is 0.329 e. The summed E-state index contributed by atoms with van der Waals surface area (Å²) in [5, 5.41) is 22.3. The van der Waals surface area contributed by atoms with Gasteiger partial charge in [-0.3, -0.25) is 4.79 Å². The number of amides is 1. The van der Waals surface area contributed by atoms with Gasteiger partial charge in [-0.05, 0) is 35.4 Å². The van der Waals surface area contributed by atoms with Crippen molar-refractivity contribution < 1.29 is 24.5 Å². The van der Waals surface area contributed by atoms with E-state index in [0.717, 1.165) is 5.56 Å².